The molecule has 0 aliphatic rings. The zero-order chi connectivity index (χ0) is 7.40. The van der Waals surface area contributed by atoms with E-state index in [0.29, 0.717) is 0 Å². The Kier molecular flexibility index (Phi) is 2.83. The smallest absolute Gasteiger partial charge is 0.0897 e. The van der Waals surface area contributed by atoms with Crippen molar-refractivity contribution < 1.29 is 5.11 Å². The largest absolute Gasteiger partial charge is 0.388 e. The lowest BCUT2D eigenvalue weighted by molar-refractivity contribution is 0.170. The van der Waals surface area contributed by atoms with Crippen LogP contribution in [0.4, 0.5) is 0 Å². The molecule has 3 heteroatoms. The summed E-state index contributed by atoms with van der Waals surface area (Å²) in [7, 11) is 0. The second-order valence-electron chi connectivity index (χ2n) is 2.21. The number of rotatable bonds is 3. The van der Waals surface area contributed by atoms with E-state index in [1.165, 1.54) is 11.3 Å². The minimum Gasteiger partial charge on any atom is -0.388 e. The van der Waals surface area contributed by atoms with Crippen LogP contribution in [0.15, 0.2) is 11.7 Å². The molecule has 56 valence electrons. The second kappa shape index (κ2) is 3.68. The zero-order valence-electron chi connectivity index (χ0n) is 5.95. The van der Waals surface area contributed by atoms with Gasteiger partial charge in [-0.3, -0.25) is 4.98 Å². The number of aliphatic hydroxyl groups excluding tert-OH is 1. The van der Waals surface area contributed by atoms with Crippen LogP contribution in [0.3, 0.4) is 0 Å². The maximum Gasteiger partial charge on any atom is 0.0897 e. The molecule has 0 saturated carbocycles. The van der Waals surface area contributed by atoms with E-state index >= 15 is 0 Å². The summed E-state index contributed by atoms with van der Waals surface area (Å²) < 4.78 is 0. The Morgan fingerprint density at radius 1 is 1.80 bits per heavy atom. The van der Waals surface area contributed by atoms with Gasteiger partial charge in [0.15, 0.2) is 0 Å². The van der Waals surface area contributed by atoms with E-state index in [1.54, 1.807) is 11.7 Å². The van der Waals surface area contributed by atoms with Crippen molar-refractivity contribution in [3.8, 4) is 0 Å². The van der Waals surface area contributed by atoms with Crippen molar-refractivity contribution in [3.63, 3.8) is 0 Å². The van der Waals surface area contributed by atoms with E-state index < -0.39 is 0 Å². The van der Waals surface area contributed by atoms with E-state index in [-0.39, 0.29) is 6.10 Å². The van der Waals surface area contributed by atoms with Crippen molar-refractivity contribution in [2.45, 2.75) is 25.9 Å². The minimum absolute atomic E-state index is 0.294. The zero-order valence-corrected chi connectivity index (χ0v) is 6.77. The molecule has 10 heavy (non-hydrogen) atoms. The standard InChI is InChI=1S/C7H11NOS/c1-2-3-6(9)7-4-8-5-10-7/h4-6,9H,2-3H2,1H3. The first-order valence-electron chi connectivity index (χ1n) is 3.41. The first-order valence-corrected chi connectivity index (χ1v) is 4.29. The van der Waals surface area contributed by atoms with Gasteiger partial charge in [-0.2, -0.15) is 0 Å². The van der Waals surface area contributed by atoms with Crippen molar-refractivity contribution in [1.82, 2.24) is 4.98 Å². The fraction of sp³-hybridized carbons (Fsp3) is 0.571. The molecule has 1 aromatic rings. The van der Waals surface area contributed by atoms with Crippen molar-refractivity contribution in [3.05, 3.63) is 16.6 Å². The lowest BCUT2D eigenvalue weighted by Gasteiger charge is -2.03. The molecule has 1 aromatic heterocycles. The van der Waals surface area contributed by atoms with Crippen LogP contribution in [-0.4, -0.2) is 10.1 Å². The van der Waals surface area contributed by atoms with Crippen LogP contribution < -0.4 is 0 Å². The highest BCUT2D eigenvalue weighted by Gasteiger charge is 2.06. The van der Waals surface area contributed by atoms with Crippen molar-refractivity contribution in [2.75, 3.05) is 0 Å². The highest BCUT2D eigenvalue weighted by molar-refractivity contribution is 7.09. The third-order valence-corrected chi connectivity index (χ3v) is 2.22. The van der Waals surface area contributed by atoms with E-state index in [0.717, 1.165) is 17.7 Å². The minimum atomic E-state index is -0.294. The van der Waals surface area contributed by atoms with Crippen LogP contribution in [0.5, 0.6) is 0 Å². The quantitative estimate of drug-likeness (QED) is 0.727. The average Bonchev–Trinajstić information content (AvgIpc) is 2.38. The van der Waals surface area contributed by atoms with E-state index in [2.05, 4.69) is 11.9 Å². The first kappa shape index (κ1) is 7.69. The fourth-order valence-corrected chi connectivity index (χ4v) is 1.45. The Morgan fingerprint density at radius 3 is 3.10 bits per heavy atom. The summed E-state index contributed by atoms with van der Waals surface area (Å²) in [5.74, 6) is 0. The van der Waals surface area contributed by atoms with Crippen molar-refractivity contribution >= 4 is 11.3 Å². The van der Waals surface area contributed by atoms with Gasteiger partial charge in [0, 0.05) is 6.20 Å². The Morgan fingerprint density at radius 2 is 2.60 bits per heavy atom. The van der Waals surface area contributed by atoms with Gasteiger partial charge in [0.05, 0.1) is 16.5 Å². The van der Waals surface area contributed by atoms with E-state index in [4.69, 9.17) is 0 Å². The predicted octanol–water partition coefficient (Wildman–Crippen LogP) is 1.98. The van der Waals surface area contributed by atoms with Crippen molar-refractivity contribution in [1.29, 1.82) is 0 Å². The number of thiazole rings is 1. The van der Waals surface area contributed by atoms with Gasteiger partial charge < -0.3 is 5.11 Å². The van der Waals surface area contributed by atoms with Crippen LogP contribution in [0.25, 0.3) is 0 Å². The lowest BCUT2D eigenvalue weighted by atomic mass is 10.2. The molecule has 0 radical (unpaired) electrons. The molecule has 1 N–H and O–H groups in total. The molecule has 2 nitrogen and oxygen atoms in total. The molecule has 0 saturated heterocycles. The molecule has 0 amide bonds. The molecule has 0 aliphatic carbocycles. The molecule has 1 unspecified atom stereocenters. The number of aliphatic hydroxyl groups is 1. The van der Waals surface area contributed by atoms with Gasteiger partial charge >= 0.3 is 0 Å². The van der Waals surface area contributed by atoms with Crippen LogP contribution >= 0.6 is 11.3 Å². The Bertz CT molecular complexity index is 174. The summed E-state index contributed by atoms with van der Waals surface area (Å²) in [6, 6.07) is 0. The van der Waals surface area contributed by atoms with Gasteiger partial charge in [-0.05, 0) is 6.42 Å². The maximum atomic E-state index is 9.38. The molecule has 0 spiro atoms. The molecular weight excluding hydrogens is 146 g/mol. The third-order valence-electron chi connectivity index (χ3n) is 1.34. The van der Waals surface area contributed by atoms with Gasteiger partial charge in [0.25, 0.3) is 0 Å². The molecule has 1 atom stereocenters. The van der Waals surface area contributed by atoms with E-state index in [9.17, 15) is 5.11 Å². The maximum absolute atomic E-state index is 9.38. The SMILES string of the molecule is CCCC(O)c1cncs1. The molecule has 1 rings (SSSR count). The van der Waals surface area contributed by atoms with E-state index in [1.807, 2.05) is 0 Å². The summed E-state index contributed by atoms with van der Waals surface area (Å²) >= 11 is 1.51. The Labute approximate surface area is 64.5 Å². The van der Waals surface area contributed by atoms with Crippen LogP contribution in [0.1, 0.15) is 30.7 Å². The van der Waals surface area contributed by atoms with Gasteiger partial charge in [-0.15, -0.1) is 11.3 Å². The highest BCUT2D eigenvalue weighted by atomic mass is 32.1. The van der Waals surface area contributed by atoms with Gasteiger partial charge in [-0.1, -0.05) is 13.3 Å². The van der Waals surface area contributed by atoms with Crippen molar-refractivity contribution in [2.24, 2.45) is 0 Å². The molecular formula is C7H11NOS. The van der Waals surface area contributed by atoms with Gasteiger partial charge in [0.2, 0.25) is 0 Å². The number of hydrogen-bond acceptors (Lipinski definition) is 3. The first-order chi connectivity index (χ1) is 4.84. The summed E-state index contributed by atoms with van der Waals surface area (Å²) in [6.07, 6.45) is 3.28. The number of hydrogen-bond donors (Lipinski definition) is 1. The third kappa shape index (κ3) is 1.78. The molecule has 0 aromatic carbocycles. The topological polar surface area (TPSA) is 33.1 Å². The Balaban J connectivity index is 2.50. The van der Waals surface area contributed by atoms with Crippen LogP contribution in [0.2, 0.25) is 0 Å². The Hall–Kier alpha value is -0.410. The predicted molar refractivity (Wildman–Crippen MR) is 42.0 cm³/mol. The van der Waals surface area contributed by atoms with Crippen LogP contribution in [-0.2, 0) is 0 Å². The summed E-state index contributed by atoms with van der Waals surface area (Å²) in [5.41, 5.74) is 1.74. The normalized spacial score (nSPS) is 13.4. The average molecular weight is 157 g/mol. The monoisotopic (exact) mass is 157 g/mol. The number of nitrogens with zero attached hydrogens (tertiary/aromatic N) is 1. The van der Waals surface area contributed by atoms with Crippen LogP contribution in [0, 0.1) is 0 Å². The van der Waals surface area contributed by atoms with Gasteiger partial charge in [0.1, 0.15) is 0 Å². The number of aromatic nitrogens is 1. The summed E-state index contributed by atoms with van der Waals surface area (Å²) in [4.78, 5) is 4.86. The summed E-state index contributed by atoms with van der Waals surface area (Å²) in [6.45, 7) is 2.06. The second-order valence-corrected chi connectivity index (χ2v) is 3.13. The summed E-state index contributed by atoms with van der Waals surface area (Å²) in [5, 5.41) is 9.38. The molecule has 0 aliphatic heterocycles. The molecule has 0 bridgehead atoms. The molecule has 0 fully saturated rings. The lowest BCUT2D eigenvalue weighted by Crippen LogP contribution is -1.92. The van der Waals surface area contributed by atoms with Gasteiger partial charge in [-0.25, -0.2) is 0 Å². The fourth-order valence-electron chi connectivity index (χ4n) is 0.806. The molecule has 1 heterocycles. The highest BCUT2D eigenvalue weighted by Crippen LogP contribution is 2.20.